The van der Waals surface area contributed by atoms with Crippen molar-refractivity contribution in [1.82, 2.24) is 0 Å². The second-order valence-electron chi connectivity index (χ2n) is 12.1. The van der Waals surface area contributed by atoms with E-state index in [1.807, 2.05) is 0 Å². The number of carboxylic acids is 1. The van der Waals surface area contributed by atoms with E-state index in [1.165, 1.54) is 0 Å². The summed E-state index contributed by atoms with van der Waals surface area (Å²) in [5.74, 6) is -1.84. The molecule has 16 nitrogen and oxygen atoms in total. The van der Waals surface area contributed by atoms with Crippen LogP contribution in [0.25, 0.3) is 0 Å². The van der Waals surface area contributed by atoms with Gasteiger partial charge in [-0.2, -0.15) is 0 Å². The van der Waals surface area contributed by atoms with Crippen molar-refractivity contribution in [3.63, 3.8) is 0 Å². The van der Waals surface area contributed by atoms with Crippen LogP contribution in [0.3, 0.4) is 0 Å². The zero-order chi connectivity index (χ0) is 34.2. The molecule has 0 aromatic rings. The van der Waals surface area contributed by atoms with Crippen LogP contribution in [-0.4, -0.2) is 151 Å². The van der Waals surface area contributed by atoms with Crippen LogP contribution in [0.15, 0.2) is 0 Å². The smallest absolute Gasteiger partial charge is 0.332 e. The molecule has 0 radical (unpaired) electrons. The molecule has 2 saturated heterocycles. The van der Waals surface area contributed by atoms with Crippen molar-refractivity contribution in [2.24, 2.45) is 0 Å². The third kappa shape index (κ3) is 13.5. The Labute approximate surface area is 268 Å². The fourth-order valence-electron chi connectivity index (χ4n) is 5.42. The van der Waals surface area contributed by atoms with Crippen molar-refractivity contribution in [2.75, 3.05) is 19.8 Å². The van der Waals surface area contributed by atoms with Gasteiger partial charge in [-0.05, 0) is 19.3 Å². The van der Waals surface area contributed by atoms with Crippen molar-refractivity contribution < 1.29 is 79.2 Å². The average molecular weight is 671 g/mol. The number of aliphatic hydroxyl groups excluding tert-OH is 8. The molecular formula is C30H54O16. The highest BCUT2D eigenvalue weighted by Crippen LogP contribution is 2.30. The first-order valence-corrected chi connectivity index (χ1v) is 16.2. The highest BCUT2D eigenvalue weighted by Gasteiger charge is 2.51. The van der Waals surface area contributed by atoms with E-state index >= 15 is 0 Å². The number of rotatable bonds is 22. The number of ether oxygens (including phenoxy) is 5. The lowest BCUT2D eigenvalue weighted by Gasteiger charge is -2.46. The molecule has 2 heterocycles. The zero-order valence-corrected chi connectivity index (χ0v) is 26.4. The minimum atomic E-state index is -1.78. The van der Waals surface area contributed by atoms with Crippen LogP contribution < -0.4 is 0 Å². The van der Waals surface area contributed by atoms with Crippen molar-refractivity contribution in [3.05, 3.63) is 0 Å². The second-order valence-corrected chi connectivity index (χ2v) is 12.1. The highest BCUT2D eigenvalue weighted by molar-refractivity contribution is 5.71. The summed E-state index contributed by atoms with van der Waals surface area (Å²) in [4.78, 5) is 22.0. The number of carbonyl (C=O) groups excluding carboxylic acids is 1. The number of carbonyl (C=O) groups is 2. The summed E-state index contributed by atoms with van der Waals surface area (Å²) in [7, 11) is 0. The number of hydrogen-bond acceptors (Lipinski definition) is 15. The molecule has 46 heavy (non-hydrogen) atoms. The maximum absolute atomic E-state index is 11.4. The second kappa shape index (κ2) is 21.4. The topological polar surface area (TPSA) is 262 Å². The van der Waals surface area contributed by atoms with Gasteiger partial charge >= 0.3 is 11.9 Å². The quantitative estimate of drug-likeness (QED) is 0.0478. The standard InChI is InChI=1S/C30H54O16/c1-17(32)43-16-21-27(46-30-25(38)23(36)22(35)20(15-31)44-30)24(37)26(39)29(45-21)42-14-13-18(33)11-9-7-5-3-2-4-6-8-10-12-19(34)28(40)41/h18-27,29-31,33-39H,2-16H2,1H3,(H,40,41)/t18-,19-,20-,21-,22-,23+,24-,25-,26-,27-,29-,30+/m1/s1. The Morgan fingerprint density at radius 2 is 1.24 bits per heavy atom. The minimum absolute atomic E-state index is 0.0162. The summed E-state index contributed by atoms with van der Waals surface area (Å²) < 4.78 is 27.3. The SMILES string of the molecule is CC(=O)OC[C@H]1O[C@@H](OCC[C@H](O)CCCCCCCCCCC[C@@H](O)C(=O)O)[C@H](O)[C@@H](O)[C@@H]1O[C@@H]1O[C@H](CO)[C@@H](O)[C@H](O)[C@H]1O. The normalized spacial score (nSPS) is 33.0. The van der Waals surface area contributed by atoms with E-state index in [0.717, 1.165) is 58.3 Å². The van der Waals surface area contributed by atoms with E-state index < -0.39 is 98.8 Å². The molecule has 0 spiro atoms. The number of esters is 1. The van der Waals surface area contributed by atoms with Crippen molar-refractivity contribution in [2.45, 2.75) is 158 Å². The van der Waals surface area contributed by atoms with E-state index in [-0.39, 0.29) is 19.4 Å². The minimum Gasteiger partial charge on any atom is -0.479 e. The van der Waals surface area contributed by atoms with Gasteiger partial charge in [-0.15, -0.1) is 0 Å². The molecule has 0 amide bonds. The van der Waals surface area contributed by atoms with Gasteiger partial charge in [-0.1, -0.05) is 57.8 Å². The summed E-state index contributed by atoms with van der Waals surface area (Å²) in [5, 5.41) is 89.6. The van der Waals surface area contributed by atoms with Crippen LogP contribution in [0.5, 0.6) is 0 Å². The predicted octanol–water partition coefficient (Wildman–Crippen LogP) is -1.31. The number of unbranched alkanes of at least 4 members (excludes halogenated alkanes) is 8. The van der Waals surface area contributed by atoms with Crippen LogP contribution in [0, 0.1) is 0 Å². The molecule has 2 aliphatic rings. The van der Waals surface area contributed by atoms with Gasteiger partial charge < -0.3 is 69.6 Å². The third-order valence-corrected chi connectivity index (χ3v) is 8.26. The number of aliphatic hydroxyl groups is 8. The number of hydrogen-bond donors (Lipinski definition) is 9. The molecule has 9 N–H and O–H groups in total. The van der Waals surface area contributed by atoms with Crippen LogP contribution in [0.4, 0.5) is 0 Å². The van der Waals surface area contributed by atoms with E-state index in [1.54, 1.807) is 0 Å². The molecule has 2 rings (SSSR count). The van der Waals surface area contributed by atoms with Gasteiger partial charge in [-0.25, -0.2) is 4.79 Å². The summed E-state index contributed by atoms with van der Waals surface area (Å²) in [6.07, 6.45) is -7.78. The molecule has 270 valence electrons. The summed E-state index contributed by atoms with van der Waals surface area (Å²) in [6.45, 7) is 0.00142. The molecule has 0 bridgehead atoms. The summed E-state index contributed by atoms with van der Waals surface area (Å²) in [6, 6.07) is 0. The van der Waals surface area contributed by atoms with Crippen LogP contribution in [0.2, 0.25) is 0 Å². The Hall–Kier alpha value is -1.54. The largest absolute Gasteiger partial charge is 0.479 e. The molecule has 0 aromatic carbocycles. The van der Waals surface area contributed by atoms with Gasteiger partial charge in [0.25, 0.3) is 0 Å². The first kappa shape index (κ1) is 40.6. The Bertz CT molecular complexity index is 861. The molecule has 0 saturated carbocycles. The number of aliphatic carboxylic acids is 1. The van der Waals surface area contributed by atoms with Gasteiger partial charge in [0.2, 0.25) is 0 Å². The molecule has 2 aliphatic heterocycles. The van der Waals surface area contributed by atoms with Crippen LogP contribution in [0.1, 0.15) is 84.0 Å². The van der Waals surface area contributed by atoms with Gasteiger partial charge in [0, 0.05) is 6.92 Å². The Morgan fingerprint density at radius 3 is 1.80 bits per heavy atom. The lowest BCUT2D eigenvalue weighted by molar-refractivity contribution is -0.359. The van der Waals surface area contributed by atoms with Gasteiger partial charge in [0.1, 0.15) is 55.4 Å². The molecule has 12 atom stereocenters. The molecule has 16 heteroatoms. The lowest BCUT2D eigenvalue weighted by atomic mass is 9.97. The third-order valence-electron chi connectivity index (χ3n) is 8.26. The van der Waals surface area contributed by atoms with E-state index in [0.29, 0.717) is 12.8 Å². The molecular weight excluding hydrogens is 616 g/mol. The van der Waals surface area contributed by atoms with E-state index in [4.69, 9.17) is 28.8 Å². The van der Waals surface area contributed by atoms with Crippen LogP contribution in [-0.2, 0) is 33.3 Å². The maximum atomic E-state index is 11.4. The number of carboxylic acid groups (broad SMARTS) is 1. The zero-order valence-electron chi connectivity index (χ0n) is 26.4. The van der Waals surface area contributed by atoms with Crippen molar-refractivity contribution in [1.29, 1.82) is 0 Å². The van der Waals surface area contributed by atoms with Crippen LogP contribution >= 0.6 is 0 Å². The Morgan fingerprint density at radius 1 is 0.696 bits per heavy atom. The average Bonchev–Trinajstić information content (AvgIpc) is 3.02. The Balaban J connectivity index is 1.71. The lowest BCUT2D eigenvalue weighted by Crippen LogP contribution is -2.64. The molecule has 2 fully saturated rings. The predicted molar refractivity (Wildman–Crippen MR) is 157 cm³/mol. The van der Waals surface area contributed by atoms with E-state index in [9.17, 15) is 50.4 Å². The fourth-order valence-corrected chi connectivity index (χ4v) is 5.42. The molecule has 0 aromatic heterocycles. The van der Waals surface area contributed by atoms with Crippen molar-refractivity contribution >= 4 is 11.9 Å². The van der Waals surface area contributed by atoms with Gasteiger partial charge in [0.05, 0.1) is 19.3 Å². The molecule has 0 aliphatic carbocycles. The first-order valence-electron chi connectivity index (χ1n) is 16.2. The highest BCUT2D eigenvalue weighted by atomic mass is 16.7. The van der Waals surface area contributed by atoms with E-state index in [2.05, 4.69) is 0 Å². The molecule has 0 unspecified atom stereocenters. The van der Waals surface area contributed by atoms with Gasteiger partial charge in [0.15, 0.2) is 18.7 Å². The summed E-state index contributed by atoms with van der Waals surface area (Å²) >= 11 is 0. The Kier molecular flexibility index (Phi) is 18.9. The maximum Gasteiger partial charge on any atom is 0.332 e. The van der Waals surface area contributed by atoms with Gasteiger partial charge in [-0.3, -0.25) is 4.79 Å². The fraction of sp³-hybridized carbons (Fsp3) is 0.933. The van der Waals surface area contributed by atoms with Crippen molar-refractivity contribution in [3.8, 4) is 0 Å². The first-order chi connectivity index (χ1) is 21.9. The monoisotopic (exact) mass is 670 g/mol. The summed E-state index contributed by atoms with van der Waals surface area (Å²) in [5.41, 5.74) is 0.